The zero-order chi connectivity index (χ0) is 15.7. The summed E-state index contributed by atoms with van der Waals surface area (Å²) < 4.78 is 13.2. The second kappa shape index (κ2) is 5.94. The number of rotatable bonds is 4. The SMILES string of the molecule is COc1ccc(Cn2c(=S)[nH]c3ccsc3c2=O)c(OC)c1. The smallest absolute Gasteiger partial charge is 0.272 e. The molecule has 1 N–H and O–H groups in total. The molecule has 0 radical (unpaired) electrons. The van der Waals surface area contributed by atoms with E-state index in [1.54, 1.807) is 24.9 Å². The van der Waals surface area contributed by atoms with Crippen LogP contribution >= 0.6 is 23.6 Å². The third-order valence-electron chi connectivity index (χ3n) is 3.41. The lowest BCUT2D eigenvalue weighted by Gasteiger charge is -2.12. The number of benzene rings is 1. The highest BCUT2D eigenvalue weighted by Crippen LogP contribution is 2.25. The van der Waals surface area contributed by atoms with Crippen LogP contribution in [0.15, 0.2) is 34.4 Å². The van der Waals surface area contributed by atoms with E-state index in [1.807, 2.05) is 23.6 Å². The number of H-pyrrole nitrogens is 1. The standard InChI is InChI=1S/C15H14N2O3S2/c1-19-10-4-3-9(12(7-10)20-2)8-17-14(18)13-11(5-6-22-13)16-15(17)21/h3-7H,8H2,1-2H3,(H,16,21). The molecule has 1 aromatic carbocycles. The van der Waals surface area contributed by atoms with Gasteiger partial charge in [-0.3, -0.25) is 9.36 Å². The van der Waals surface area contributed by atoms with E-state index < -0.39 is 0 Å². The van der Waals surface area contributed by atoms with Gasteiger partial charge in [0, 0.05) is 11.6 Å². The van der Waals surface area contributed by atoms with E-state index >= 15 is 0 Å². The van der Waals surface area contributed by atoms with Crippen molar-refractivity contribution >= 4 is 33.8 Å². The molecule has 2 heterocycles. The van der Waals surface area contributed by atoms with Crippen LogP contribution in [-0.4, -0.2) is 23.8 Å². The van der Waals surface area contributed by atoms with E-state index in [0.717, 1.165) is 11.1 Å². The average molecular weight is 334 g/mol. The fourth-order valence-corrected chi connectivity index (χ4v) is 3.32. The molecule has 0 spiro atoms. The van der Waals surface area contributed by atoms with Crippen molar-refractivity contribution in [3.63, 3.8) is 0 Å². The maximum Gasteiger partial charge on any atom is 0.272 e. The summed E-state index contributed by atoms with van der Waals surface area (Å²) in [5.74, 6) is 1.36. The Kier molecular flexibility index (Phi) is 4.00. The maximum atomic E-state index is 12.6. The van der Waals surface area contributed by atoms with Crippen LogP contribution in [0.3, 0.4) is 0 Å². The molecule has 3 aromatic rings. The summed E-state index contributed by atoms with van der Waals surface area (Å²) in [7, 11) is 3.18. The van der Waals surface area contributed by atoms with E-state index in [0.29, 0.717) is 27.5 Å². The van der Waals surface area contributed by atoms with Gasteiger partial charge in [0.1, 0.15) is 16.2 Å². The largest absolute Gasteiger partial charge is 0.497 e. The zero-order valence-electron chi connectivity index (χ0n) is 12.1. The Hall–Kier alpha value is -2.12. The Morgan fingerprint density at radius 1 is 1.27 bits per heavy atom. The molecule has 0 saturated carbocycles. The second-order valence-electron chi connectivity index (χ2n) is 4.66. The average Bonchev–Trinajstić information content (AvgIpc) is 2.99. The normalized spacial score (nSPS) is 10.8. The Bertz CT molecular complexity index is 940. The van der Waals surface area contributed by atoms with Gasteiger partial charge in [0.15, 0.2) is 4.77 Å². The van der Waals surface area contributed by atoms with E-state index in [-0.39, 0.29) is 5.56 Å². The summed E-state index contributed by atoms with van der Waals surface area (Å²) in [6.45, 7) is 0.342. The summed E-state index contributed by atoms with van der Waals surface area (Å²) >= 11 is 6.71. The maximum absolute atomic E-state index is 12.6. The molecule has 114 valence electrons. The van der Waals surface area contributed by atoms with Gasteiger partial charge in [-0.1, -0.05) is 0 Å². The van der Waals surface area contributed by atoms with Crippen molar-refractivity contribution in [3.8, 4) is 11.5 Å². The molecule has 5 nitrogen and oxygen atoms in total. The predicted octanol–water partition coefficient (Wildman–Crippen LogP) is 3.19. The summed E-state index contributed by atoms with van der Waals surface area (Å²) in [6, 6.07) is 7.35. The molecule has 0 aliphatic heterocycles. The number of aromatic amines is 1. The van der Waals surface area contributed by atoms with Gasteiger partial charge in [0.2, 0.25) is 0 Å². The lowest BCUT2D eigenvalue weighted by Crippen LogP contribution is -2.22. The number of fused-ring (bicyclic) bond motifs is 1. The highest BCUT2D eigenvalue weighted by Gasteiger charge is 2.11. The van der Waals surface area contributed by atoms with E-state index in [1.165, 1.54) is 11.3 Å². The summed E-state index contributed by atoms with van der Waals surface area (Å²) in [4.78, 5) is 15.6. The summed E-state index contributed by atoms with van der Waals surface area (Å²) in [5.41, 5.74) is 1.55. The molecule has 22 heavy (non-hydrogen) atoms. The van der Waals surface area contributed by atoms with Crippen LogP contribution < -0.4 is 15.0 Å². The van der Waals surface area contributed by atoms with Crippen molar-refractivity contribution in [2.75, 3.05) is 14.2 Å². The molecule has 3 rings (SSSR count). The Morgan fingerprint density at radius 2 is 2.09 bits per heavy atom. The van der Waals surface area contributed by atoms with Gasteiger partial charge in [-0.2, -0.15) is 0 Å². The quantitative estimate of drug-likeness (QED) is 0.745. The van der Waals surface area contributed by atoms with Gasteiger partial charge in [-0.05, 0) is 35.8 Å². The van der Waals surface area contributed by atoms with Gasteiger partial charge >= 0.3 is 0 Å². The van der Waals surface area contributed by atoms with Gasteiger partial charge in [-0.15, -0.1) is 11.3 Å². The first-order chi connectivity index (χ1) is 10.6. The fourth-order valence-electron chi connectivity index (χ4n) is 2.27. The number of hydrogen-bond donors (Lipinski definition) is 1. The molecule has 0 aliphatic carbocycles. The lowest BCUT2D eigenvalue weighted by molar-refractivity contribution is 0.390. The lowest BCUT2D eigenvalue weighted by atomic mass is 10.2. The van der Waals surface area contributed by atoms with E-state index in [2.05, 4.69) is 4.98 Å². The second-order valence-corrected chi connectivity index (χ2v) is 5.97. The molecule has 0 unspecified atom stereocenters. The molecule has 7 heteroatoms. The number of nitrogens with one attached hydrogen (secondary N) is 1. The fraction of sp³-hybridized carbons (Fsp3) is 0.200. The van der Waals surface area contributed by atoms with Gasteiger partial charge in [-0.25, -0.2) is 0 Å². The van der Waals surface area contributed by atoms with Crippen LogP contribution in [0, 0.1) is 4.77 Å². The number of aromatic nitrogens is 2. The third-order valence-corrected chi connectivity index (χ3v) is 4.64. The molecular formula is C15H14N2O3S2. The number of nitrogens with zero attached hydrogens (tertiary/aromatic N) is 1. The summed E-state index contributed by atoms with van der Waals surface area (Å²) in [5, 5.41) is 1.87. The van der Waals surface area contributed by atoms with Crippen LogP contribution in [0.25, 0.3) is 10.2 Å². The molecule has 0 bridgehead atoms. The Labute approximate surface area is 135 Å². The van der Waals surface area contributed by atoms with Crippen LogP contribution in [0.5, 0.6) is 11.5 Å². The Morgan fingerprint density at radius 3 is 2.82 bits per heavy atom. The predicted molar refractivity (Wildman–Crippen MR) is 89.9 cm³/mol. The first-order valence-electron chi connectivity index (χ1n) is 6.55. The van der Waals surface area contributed by atoms with Crippen molar-refractivity contribution in [3.05, 3.63) is 50.3 Å². The molecular weight excluding hydrogens is 320 g/mol. The number of hydrogen-bond acceptors (Lipinski definition) is 5. The zero-order valence-corrected chi connectivity index (χ0v) is 13.7. The van der Waals surface area contributed by atoms with Crippen LogP contribution in [0.4, 0.5) is 0 Å². The highest BCUT2D eigenvalue weighted by atomic mass is 32.1. The number of ether oxygens (including phenoxy) is 2. The minimum Gasteiger partial charge on any atom is -0.497 e. The molecule has 0 saturated heterocycles. The first-order valence-corrected chi connectivity index (χ1v) is 7.84. The van der Waals surface area contributed by atoms with Crippen LogP contribution in [0.2, 0.25) is 0 Å². The van der Waals surface area contributed by atoms with Crippen molar-refractivity contribution in [2.45, 2.75) is 6.54 Å². The first kappa shape index (κ1) is 14.8. The van der Waals surface area contributed by atoms with Crippen LogP contribution in [0.1, 0.15) is 5.56 Å². The minimum absolute atomic E-state index is 0.0911. The Balaban J connectivity index is 2.10. The van der Waals surface area contributed by atoms with E-state index in [9.17, 15) is 4.79 Å². The van der Waals surface area contributed by atoms with Gasteiger partial charge < -0.3 is 14.5 Å². The van der Waals surface area contributed by atoms with Crippen molar-refractivity contribution in [2.24, 2.45) is 0 Å². The van der Waals surface area contributed by atoms with Crippen molar-refractivity contribution in [1.82, 2.24) is 9.55 Å². The van der Waals surface area contributed by atoms with Crippen molar-refractivity contribution < 1.29 is 9.47 Å². The molecule has 0 aliphatic rings. The monoisotopic (exact) mass is 334 g/mol. The van der Waals surface area contributed by atoms with E-state index in [4.69, 9.17) is 21.7 Å². The third kappa shape index (κ3) is 2.53. The molecule has 2 aromatic heterocycles. The van der Waals surface area contributed by atoms with Gasteiger partial charge in [0.05, 0.1) is 26.3 Å². The topological polar surface area (TPSA) is 56.2 Å². The molecule has 0 atom stereocenters. The highest BCUT2D eigenvalue weighted by molar-refractivity contribution is 7.71. The number of thiophene rings is 1. The van der Waals surface area contributed by atoms with Crippen LogP contribution in [-0.2, 0) is 6.54 Å². The van der Waals surface area contributed by atoms with Crippen molar-refractivity contribution in [1.29, 1.82) is 0 Å². The molecule has 0 fully saturated rings. The summed E-state index contributed by atoms with van der Waals surface area (Å²) in [6.07, 6.45) is 0. The molecule has 0 amide bonds. The number of methoxy groups -OCH3 is 2. The minimum atomic E-state index is -0.0911. The van der Waals surface area contributed by atoms with Gasteiger partial charge in [0.25, 0.3) is 5.56 Å².